The van der Waals surface area contributed by atoms with Crippen LogP contribution in [0.5, 0.6) is 0 Å². The van der Waals surface area contributed by atoms with Crippen molar-refractivity contribution in [3.05, 3.63) is 35.9 Å². The first-order chi connectivity index (χ1) is 7.08. The first kappa shape index (κ1) is 12.5. The predicted molar refractivity (Wildman–Crippen MR) is 63.6 cm³/mol. The first-order valence-corrected chi connectivity index (χ1v) is 7.52. The molecule has 0 heterocycles. The van der Waals surface area contributed by atoms with Crippen molar-refractivity contribution in [2.24, 2.45) is 0 Å². The van der Waals surface area contributed by atoms with Gasteiger partial charge in [0.15, 0.2) is 0 Å². The molecule has 84 valence electrons. The number of unbranched alkanes of at least 4 members (excludes halogenated alkanes) is 2. The van der Waals surface area contributed by atoms with Gasteiger partial charge in [-0.3, -0.25) is 0 Å². The van der Waals surface area contributed by atoms with Gasteiger partial charge in [0.2, 0.25) is 9.05 Å². The highest BCUT2D eigenvalue weighted by Crippen LogP contribution is 2.08. The second kappa shape index (κ2) is 6.13. The standard InChI is InChI=1S/C11H15ClO2S/c12-15(13,14)10-6-2-5-9-11-7-3-1-4-8-11/h1,3-4,7-8H,2,5-6,9-10H2. The van der Waals surface area contributed by atoms with Crippen molar-refractivity contribution in [2.45, 2.75) is 25.7 Å². The molecular weight excluding hydrogens is 232 g/mol. The summed E-state index contributed by atoms with van der Waals surface area (Å²) in [4.78, 5) is 0. The fraction of sp³-hybridized carbons (Fsp3) is 0.455. The number of benzene rings is 1. The van der Waals surface area contributed by atoms with E-state index >= 15 is 0 Å². The maximum absolute atomic E-state index is 10.6. The zero-order valence-electron chi connectivity index (χ0n) is 8.52. The van der Waals surface area contributed by atoms with Crippen LogP contribution in [0.15, 0.2) is 30.3 Å². The van der Waals surface area contributed by atoms with Gasteiger partial charge >= 0.3 is 0 Å². The third kappa shape index (κ3) is 6.52. The maximum atomic E-state index is 10.6. The van der Waals surface area contributed by atoms with Gasteiger partial charge in [-0.15, -0.1) is 0 Å². The molecule has 15 heavy (non-hydrogen) atoms. The maximum Gasteiger partial charge on any atom is 0.232 e. The van der Waals surface area contributed by atoms with E-state index in [1.165, 1.54) is 5.56 Å². The van der Waals surface area contributed by atoms with Crippen LogP contribution in [-0.2, 0) is 15.5 Å². The molecule has 0 N–H and O–H groups in total. The molecule has 0 saturated heterocycles. The van der Waals surface area contributed by atoms with Crippen LogP contribution in [0.25, 0.3) is 0 Å². The molecule has 0 aliphatic rings. The number of rotatable bonds is 6. The molecule has 0 aromatic heterocycles. The van der Waals surface area contributed by atoms with Crippen molar-refractivity contribution in [3.63, 3.8) is 0 Å². The Kier molecular flexibility index (Phi) is 5.12. The zero-order chi connectivity index (χ0) is 11.1. The van der Waals surface area contributed by atoms with Crippen LogP contribution in [0.3, 0.4) is 0 Å². The zero-order valence-corrected chi connectivity index (χ0v) is 10.1. The van der Waals surface area contributed by atoms with E-state index in [9.17, 15) is 8.42 Å². The van der Waals surface area contributed by atoms with Crippen LogP contribution in [0.2, 0.25) is 0 Å². The summed E-state index contributed by atoms with van der Waals surface area (Å²) in [6, 6.07) is 10.2. The minimum Gasteiger partial charge on any atom is -0.212 e. The summed E-state index contributed by atoms with van der Waals surface area (Å²) in [6.45, 7) is 0. The Bertz CT molecular complexity index is 373. The molecule has 0 amide bonds. The van der Waals surface area contributed by atoms with Gasteiger partial charge < -0.3 is 0 Å². The molecule has 0 aliphatic heterocycles. The van der Waals surface area contributed by atoms with Gasteiger partial charge in [-0.25, -0.2) is 8.42 Å². The lowest BCUT2D eigenvalue weighted by Gasteiger charge is -2.00. The summed E-state index contributed by atoms with van der Waals surface area (Å²) in [5.41, 5.74) is 1.30. The number of aryl methyl sites for hydroxylation is 1. The summed E-state index contributed by atoms with van der Waals surface area (Å²) in [5, 5.41) is 0. The van der Waals surface area contributed by atoms with Crippen LogP contribution in [0.4, 0.5) is 0 Å². The van der Waals surface area contributed by atoms with Crippen molar-refractivity contribution in [3.8, 4) is 0 Å². The van der Waals surface area contributed by atoms with Gasteiger partial charge in [0.05, 0.1) is 5.75 Å². The lowest BCUT2D eigenvalue weighted by molar-refractivity contribution is 0.603. The summed E-state index contributed by atoms with van der Waals surface area (Å²) in [5.74, 6) is 0.0867. The van der Waals surface area contributed by atoms with Crippen molar-refractivity contribution in [1.82, 2.24) is 0 Å². The highest BCUT2D eigenvalue weighted by Gasteiger charge is 2.03. The van der Waals surface area contributed by atoms with Crippen LogP contribution >= 0.6 is 10.7 Å². The SMILES string of the molecule is O=S(=O)(Cl)CCCCCc1ccccc1. The van der Waals surface area contributed by atoms with Gasteiger partial charge in [0, 0.05) is 10.7 Å². The summed E-state index contributed by atoms with van der Waals surface area (Å²) in [7, 11) is 1.80. The third-order valence-corrected chi connectivity index (χ3v) is 3.44. The van der Waals surface area contributed by atoms with Crippen molar-refractivity contribution < 1.29 is 8.42 Å². The molecule has 0 saturated carbocycles. The molecule has 1 aromatic rings. The van der Waals surface area contributed by atoms with E-state index < -0.39 is 9.05 Å². The molecule has 0 spiro atoms. The second-order valence-electron chi connectivity index (χ2n) is 3.54. The molecule has 4 heteroatoms. The Hall–Kier alpha value is -0.540. The predicted octanol–water partition coefficient (Wildman–Crippen LogP) is 2.97. The topological polar surface area (TPSA) is 34.1 Å². The van der Waals surface area contributed by atoms with Gasteiger partial charge in [-0.05, 0) is 24.8 Å². The number of halogens is 1. The third-order valence-electron chi connectivity index (χ3n) is 2.20. The summed E-state index contributed by atoms with van der Waals surface area (Å²) >= 11 is 0. The molecule has 0 aliphatic carbocycles. The van der Waals surface area contributed by atoms with E-state index in [0.717, 1.165) is 19.3 Å². The van der Waals surface area contributed by atoms with Crippen molar-refractivity contribution in [1.29, 1.82) is 0 Å². The Morgan fingerprint density at radius 2 is 1.67 bits per heavy atom. The summed E-state index contributed by atoms with van der Waals surface area (Å²) < 4.78 is 21.3. The van der Waals surface area contributed by atoms with Gasteiger partial charge in [-0.2, -0.15) is 0 Å². The Morgan fingerprint density at radius 3 is 2.27 bits per heavy atom. The second-order valence-corrected chi connectivity index (χ2v) is 6.44. The fourth-order valence-corrected chi connectivity index (χ4v) is 2.30. The molecule has 1 rings (SSSR count). The van der Waals surface area contributed by atoms with Crippen LogP contribution in [0, 0.1) is 0 Å². The normalized spacial score (nSPS) is 11.5. The van der Waals surface area contributed by atoms with Gasteiger partial charge in [-0.1, -0.05) is 36.8 Å². The quantitative estimate of drug-likeness (QED) is 0.571. The highest BCUT2D eigenvalue weighted by molar-refractivity contribution is 8.13. The molecule has 1 aromatic carbocycles. The van der Waals surface area contributed by atoms with Crippen molar-refractivity contribution in [2.75, 3.05) is 5.75 Å². The Labute approximate surface area is 95.7 Å². The largest absolute Gasteiger partial charge is 0.232 e. The average Bonchev–Trinajstić information content (AvgIpc) is 2.17. The number of hydrogen-bond donors (Lipinski definition) is 0. The van der Waals surface area contributed by atoms with E-state index in [4.69, 9.17) is 10.7 Å². The van der Waals surface area contributed by atoms with Crippen molar-refractivity contribution >= 4 is 19.7 Å². The molecule has 0 radical (unpaired) electrons. The van der Waals surface area contributed by atoms with Crippen LogP contribution < -0.4 is 0 Å². The monoisotopic (exact) mass is 246 g/mol. The molecule has 0 bridgehead atoms. The van der Waals surface area contributed by atoms with Crippen LogP contribution in [-0.4, -0.2) is 14.2 Å². The van der Waals surface area contributed by atoms with E-state index in [-0.39, 0.29) is 5.75 Å². The first-order valence-electron chi connectivity index (χ1n) is 5.04. The van der Waals surface area contributed by atoms with E-state index in [2.05, 4.69) is 12.1 Å². The molecule has 0 fully saturated rings. The van der Waals surface area contributed by atoms with E-state index in [1.54, 1.807) is 0 Å². The average molecular weight is 247 g/mol. The van der Waals surface area contributed by atoms with Crippen LogP contribution in [0.1, 0.15) is 24.8 Å². The lowest BCUT2D eigenvalue weighted by atomic mass is 10.1. The Morgan fingerprint density at radius 1 is 1.00 bits per heavy atom. The van der Waals surface area contributed by atoms with E-state index in [0.29, 0.717) is 6.42 Å². The smallest absolute Gasteiger partial charge is 0.212 e. The lowest BCUT2D eigenvalue weighted by Crippen LogP contribution is -1.97. The molecular formula is C11H15ClO2S. The Balaban J connectivity index is 2.13. The summed E-state index contributed by atoms with van der Waals surface area (Å²) in [6.07, 6.45) is 3.57. The molecule has 0 atom stereocenters. The molecule has 0 unspecified atom stereocenters. The fourth-order valence-electron chi connectivity index (χ4n) is 1.43. The highest BCUT2D eigenvalue weighted by atomic mass is 35.7. The molecule has 2 nitrogen and oxygen atoms in total. The van der Waals surface area contributed by atoms with Gasteiger partial charge in [0.1, 0.15) is 0 Å². The minimum atomic E-state index is -3.30. The van der Waals surface area contributed by atoms with E-state index in [1.807, 2.05) is 18.2 Å². The number of hydrogen-bond acceptors (Lipinski definition) is 2. The minimum absolute atomic E-state index is 0.0867. The van der Waals surface area contributed by atoms with Gasteiger partial charge in [0.25, 0.3) is 0 Å².